The molecular formula is C21H26ClNO2. The molecule has 0 aromatic heterocycles. The Morgan fingerprint density at radius 1 is 1.04 bits per heavy atom. The van der Waals surface area contributed by atoms with E-state index < -0.39 is 11.8 Å². The third kappa shape index (κ3) is 3.75. The number of aliphatic hydroxyl groups is 2. The maximum atomic E-state index is 11.2. The standard InChI is InChI=1S/C21H26ClNO2/c1-15(21(2,25)20(24)23-13-5-6-14-23)18-7-3-4-8-19(18)16-9-11-17(22)12-10-16/h3-4,7-12,15,20,24-25H,5-6,13-14H2,1-2H3. The summed E-state index contributed by atoms with van der Waals surface area (Å²) in [5.41, 5.74) is 1.89. The van der Waals surface area contributed by atoms with Crippen molar-refractivity contribution in [2.24, 2.45) is 0 Å². The highest BCUT2D eigenvalue weighted by Gasteiger charge is 2.41. The van der Waals surface area contributed by atoms with Crippen molar-refractivity contribution in [2.45, 2.75) is 44.4 Å². The van der Waals surface area contributed by atoms with Crippen LogP contribution in [0.1, 0.15) is 38.2 Å². The first-order valence-corrected chi connectivity index (χ1v) is 9.28. The summed E-state index contributed by atoms with van der Waals surface area (Å²) in [6, 6.07) is 15.8. The van der Waals surface area contributed by atoms with Gasteiger partial charge in [-0.15, -0.1) is 0 Å². The van der Waals surface area contributed by atoms with Crippen LogP contribution in [0.15, 0.2) is 48.5 Å². The van der Waals surface area contributed by atoms with E-state index in [1.165, 1.54) is 0 Å². The predicted molar refractivity (Wildman–Crippen MR) is 103 cm³/mol. The van der Waals surface area contributed by atoms with Gasteiger partial charge in [-0.2, -0.15) is 0 Å². The molecule has 0 aliphatic carbocycles. The minimum absolute atomic E-state index is 0.227. The summed E-state index contributed by atoms with van der Waals surface area (Å²) in [4.78, 5) is 1.97. The van der Waals surface area contributed by atoms with Crippen LogP contribution in [0.2, 0.25) is 5.02 Å². The molecule has 3 atom stereocenters. The number of aliphatic hydroxyl groups excluding tert-OH is 1. The van der Waals surface area contributed by atoms with Crippen LogP contribution in [0.5, 0.6) is 0 Å². The fourth-order valence-electron chi connectivity index (χ4n) is 3.66. The summed E-state index contributed by atoms with van der Waals surface area (Å²) in [5, 5.41) is 22.6. The number of hydrogen-bond acceptors (Lipinski definition) is 3. The first kappa shape index (κ1) is 18.4. The highest BCUT2D eigenvalue weighted by molar-refractivity contribution is 6.30. The van der Waals surface area contributed by atoms with Gasteiger partial charge in [-0.05, 0) is 48.6 Å². The second-order valence-corrected chi connectivity index (χ2v) is 7.59. The lowest BCUT2D eigenvalue weighted by Gasteiger charge is -2.40. The number of rotatable bonds is 5. The average molecular weight is 360 g/mol. The van der Waals surface area contributed by atoms with Crippen LogP contribution in [0.3, 0.4) is 0 Å². The van der Waals surface area contributed by atoms with Gasteiger partial charge < -0.3 is 10.2 Å². The molecule has 4 heteroatoms. The van der Waals surface area contributed by atoms with Gasteiger partial charge in [0.2, 0.25) is 0 Å². The van der Waals surface area contributed by atoms with Crippen molar-refractivity contribution < 1.29 is 10.2 Å². The van der Waals surface area contributed by atoms with Gasteiger partial charge in [0.15, 0.2) is 0 Å². The largest absolute Gasteiger partial charge is 0.385 e. The second-order valence-electron chi connectivity index (χ2n) is 7.16. The van der Waals surface area contributed by atoms with Crippen molar-refractivity contribution in [2.75, 3.05) is 13.1 Å². The van der Waals surface area contributed by atoms with E-state index in [4.69, 9.17) is 11.6 Å². The molecule has 3 rings (SSSR count). The highest BCUT2D eigenvalue weighted by atomic mass is 35.5. The molecule has 3 nitrogen and oxygen atoms in total. The lowest BCUT2D eigenvalue weighted by Crippen LogP contribution is -2.53. The summed E-state index contributed by atoms with van der Waals surface area (Å²) in [6.45, 7) is 5.39. The fraction of sp³-hybridized carbons (Fsp3) is 0.429. The molecule has 2 N–H and O–H groups in total. The number of likely N-dealkylation sites (tertiary alicyclic amines) is 1. The van der Waals surface area contributed by atoms with Crippen molar-refractivity contribution >= 4 is 11.6 Å². The Bertz CT molecular complexity index is 708. The van der Waals surface area contributed by atoms with Gasteiger partial charge in [-0.25, -0.2) is 0 Å². The summed E-state index contributed by atoms with van der Waals surface area (Å²) < 4.78 is 0. The molecule has 2 aromatic rings. The highest BCUT2D eigenvalue weighted by Crippen LogP contribution is 2.38. The lowest BCUT2D eigenvalue weighted by molar-refractivity contribution is -0.144. The molecule has 25 heavy (non-hydrogen) atoms. The summed E-state index contributed by atoms with van der Waals surface area (Å²) in [6.07, 6.45) is 1.27. The normalized spacial score (nSPS) is 20.2. The molecule has 0 bridgehead atoms. The van der Waals surface area contributed by atoms with Crippen LogP contribution < -0.4 is 0 Å². The maximum Gasteiger partial charge on any atom is 0.136 e. The lowest BCUT2D eigenvalue weighted by atomic mass is 9.80. The van der Waals surface area contributed by atoms with E-state index in [2.05, 4.69) is 0 Å². The van der Waals surface area contributed by atoms with Crippen molar-refractivity contribution in [3.8, 4) is 11.1 Å². The second kappa shape index (κ2) is 7.46. The zero-order chi connectivity index (χ0) is 18.0. The van der Waals surface area contributed by atoms with E-state index >= 15 is 0 Å². The van der Waals surface area contributed by atoms with Crippen LogP contribution in [-0.4, -0.2) is 40.0 Å². The predicted octanol–water partition coefficient (Wildman–Crippen LogP) is 4.28. The third-order valence-corrected chi connectivity index (χ3v) is 5.72. The minimum Gasteiger partial charge on any atom is -0.385 e. The molecule has 0 radical (unpaired) electrons. The van der Waals surface area contributed by atoms with Crippen molar-refractivity contribution in [3.63, 3.8) is 0 Å². The molecular weight excluding hydrogens is 334 g/mol. The quantitative estimate of drug-likeness (QED) is 0.837. The van der Waals surface area contributed by atoms with E-state index in [0.29, 0.717) is 5.02 Å². The van der Waals surface area contributed by atoms with E-state index in [-0.39, 0.29) is 5.92 Å². The Morgan fingerprint density at radius 3 is 2.28 bits per heavy atom. The molecule has 1 fully saturated rings. The Kier molecular flexibility index (Phi) is 5.49. The molecule has 1 aliphatic heterocycles. The molecule has 0 amide bonds. The summed E-state index contributed by atoms with van der Waals surface area (Å²) >= 11 is 6.01. The van der Waals surface area contributed by atoms with E-state index in [1.807, 2.05) is 60.4 Å². The first-order valence-electron chi connectivity index (χ1n) is 8.90. The van der Waals surface area contributed by atoms with Gasteiger partial charge in [0.1, 0.15) is 11.8 Å². The zero-order valence-corrected chi connectivity index (χ0v) is 15.6. The van der Waals surface area contributed by atoms with Gasteiger partial charge >= 0.3 is 0 Å². The van der Waals surface area contributed by atoms with Crippen molar-refractivity contribution in [3.05, 3.63) is 59.1 Å². The monoisotopic (exact) mass is 359 g/mol. The maximum absolute atomic E-state index is 11.2. The van der Waals surface area contributed by atoms with Gasteiger partial charge in [0, 0.05) is 24.0 Å². The molecule has 0 saturated carbocycles. The van der Waals surface area contributed by atoms with Gasteiger partial charge in [-0.3, -0.25) is 4.90 Å². The zero-order valence-electron chi connectivity index (χ0n) is 14.8. The van der Waals surface area contributed by atoms with Crippen LogP contribution >= 0.6 is 11.6 Å². The van der Waals surface area contributed by atoms with Crippen LogP contribution in [-0.2, 0) is 0 Å². The number of hydrogen-bond donors (Lipinski definition) is 2. The Labute approximate surface area is 154 Å². The molecule has 2 aromatic carbocycles. The molecule has 1 aliphatic rings. The number of benzene rings is 2. The van der Waals surface area contributed by atoms with Crippen LogP contribution in [0.4, 0.5) is 0 Å². The Morgan fingerprint density at radius 2 is 1.64 bits per heavy atom. The Balaban J connectivity index is 1.93. The molecule has 134 valence electrons. The SMILES string of the molecule is CC(c1ccccc1-c1ccc(Cl)cc1)C(C)(O)C(O)N1CCCC1. The number of nitrogens with zero attached hydrogens (tertiary/aromatic N) is 1. The topological polar surface area (TPSA) is 43.7 Å². The van der Waals surface area contributed by atoms with Crippen molar-refractivity contribution in [1.82, 2.24) is 4.90 Å². The fourth-order valence-corrected chi connectivity index (χ4v) is 3.79. The average Bonchev–Trinajstić information content (AvgIpc) is 3.15. The van der Waals surface area contributed by atoms with E-state index in [9.17, 15) is 10.2 Å². The van der Waals surface area contributed by atoms with Crippen LogP contribution in [0, 0.1) is 0 Å². The first-order chi connectivity index (χ1) is 11.9. The van der Waals surface area contributed by atoms with E-state index in [1.54, 1.807) is 6.92 Å². The molecule has 0 spiro atoms. The minimum atomic E-state index is -1.24. The van der Waals surface area contributed by atoms with Gasteiger partial charge in [0.05, 0.1) is 0 Å². The summed E-state index contributed by atoms with van der Waals surface area (Å²) in [5.74, 6) is -0.227. The summed E-state index contributed by atoms with van der Waals surface area (Å²) in [7, 11) is 0. The van der Waals surface area contributed by atoms with E-state index in [0.717, 1.165) is 42.6 Å². The van der Waals surface area contributed by atoms with Gasteiger partial charge in [-0.1, -0.05) is 54.9 Å². The molecule has 3 unspecified atom stereocenters. The van der Waals surface area contributed by atoms with Crippen LogP contribution in [0.25, 0.3) is 11.1 Å². The van der Waals surface area contributed by atoms with Gasteiger partial charge in [0.25, 0.3) is 0 Å². The smallest absolute Gasteiger partial charge is 0.136 e. The Hall–Kier alpha value is -1.39. The molecule has 1 heterocycles. The number of halogens is 1. The third-order valence-electron chi connectivity index (χ3n) is 5.47. The van der Waals surface area contributed by atoms with Crippen molar-refractivity contribution in [1.29, 1.82) is 0 Å². The molecule has 1 saturated heterocycles.